The van der Waals surface area contributed by atoms with Crippen molar-refractivity contribution in [2.45, 2.75) is 0 Å². The molecule has 1 aromatic heterocycles. The summed E-state index contributed by atoms with van der Waals surface area (Å²) < 4.78 is 5.20. The van der Waals surface area contributed by atoms with E-state index in [9.17, 15) is 4.79 Å². The smallest absolute Gasteiger partial charge is 0.256 e. The topological polar surface area (TPSA) is 42.2 Å². The third-order valence-corrected chi connectivity index (χ3v) is 2.83. The van der Waals surface area contributed by atoms with Crippen LogP contribution in [0.1, 0.15) is 11.3 Å². The van der Waals surface area contributed by atoms with Crippen molar-refractivity contribution in [2.75, 3.05) is 5.32 Å². The molecule has 84 valence electrons. The van der Waals surface area contributed by atoms with Gasteiger partial charge >= 0.3 is 0 Å². The number of benzene rings is 1. The van der Waals surface area contributed by atoms with Gasteiger partial charge in [-0.3, -0.25) is 4.79 Å². The second-order valence-electron chi connectivity index (χ2n) is 3.72. The third-order valence-electron chi connectivity index (χ3n) is 2.59. The standard InChI is InChI=1S/C13H8ClNO2/c14-8-3-4-10-11(7-9-2-1-5-17-9)13(16)15-12(10)6-8/h1-7H,(H,15,16). The fraction of sp³-hybridized carbons (Fsp3) is 0. The number of carbonyl (C=O) groups is 1. The van der Waals surface area contributed by atoms with E-state index < -0.39 is 0 Å². The van der Waals surface area contributed by atoms with Crippen LogP contribution in [0.2, 0.25) is 5.02 Å². The zero-order valence-corrected chi connectivity index (χ0v) is 9.49. The lowest BCUT2D eigenvalue weighted by Crippen LogP contribution is -2.03. The number of carbonyl (C=O) groups excluding carboxylic acids is 1. The highest BCUT2D eigenvalue weighted by atomic mass is 35.5. The Bertz CT molecular complexity index is 614. The van der Waals surface area contributed by atoms with Crippen LogP contribution in [-0.2, 0) is 4.79 Å². The van der Waals surface area contributed by atoms with Crippen LogP contribution in [-0.4, -0.2) is 5.91 Å². The third kappa shape index (κ3) is 1.74. The number of hydrogen-bond acceptors (Lipinski definition) is 2. The highest BCUT2D eigenvalue weighted by molar-refractivity contribution is 6.36. The first-order valence-electron chi connectivity index (χ1n) is 5.10. The number of fused-ring (bicyclic) bond motifs is 1. The summed E-state index contributed by atoms with van der Waals surface area (Å²) in [5, 5.41) is 3.37. The number of nitrogens with one attached hydrogen (secondary N) is 1. The van der Waals surface area contributed by atoms with Gasteiger partial charge in [0.05, 0.1) is 17.5 Å². The van der Waals surface area contributed by atoms with E-state index in [0.717, 1.165) is 11.3 Å². The molecular weight excluding hydrogens is 238 g/mol. The summed E-state index contributed by atoms with van der Waals surface area (Å²) in [5.74, 6) is 0.511. The molecule has 0 radical (unpaired) electrons. The minimum atomic E-state index is -0.140. The maximum atomic E-state index is 11.8. The Morgan fingerprint density at radius 2 is 2.18 bits per heavy atom. The van der Waals surface area contributed by atoms with Gasteiger partial charge in [0.2, 0.25) is 0 Å². The Hall–Kier alpha value is -2.00. The van der Waals surface area contributed by atoms with Gasteiger partial charge in [-0.1, -0.05) is 17.7 Å². The first kappa shape index (κ1) is 10.2. The van der Waals surface area contributed by atoms with Gasteiger partial charge in [-0.2, -0.15) is 0 Å². The maximum absolute atomic E-state index is 11.8. The van der Waals surface area contributed by atoms with E-state index in [4.69, 9.17) is 16.0 Å². The number of anilines is 1. The van der Waals surface area contributed by atoms with E-state index in [0.29, 0.717) is 16.4 Å². The predicted molar refractivity (Wildman–Crippen MR) is 66.7 cm³/mol. The van der Waals surface area contributed by atoms with E-state index in [1.807, 2.05) is 6.07 Å². The van der Waals surface area contributed by atoms with Crippen LogP contribution >= 0.6 is 11.6 Å². The van der Waals surface area contributed by atoms with Gasteiger partial charge in [0.15, 0.2) is 0 Å². The van der Waals surface area contributed by atoms with Gasteiger partial charge in [0, 0.05) is 10.6 Å². The minimum absolute atomic E-state index is 0.140. The molecule has 3 nitrogen and oxygen atoms in total. The molecule has 0 saturated heterocycles. The Morgan fingerprint density at radius 1 is 1.29 bits per heavy atom. The molecule has 1 N–H and O–H groups in total. The molecule has 1 aliphatic heterocycles. The van der Waals surface area contributed by atoms with Crippen LogP contribution in [0.5, 0.6) is 0 Å². The summed E-state index contributed by atoms with van der Waals surface area (Å²) in [6.07, 6.45) is 3.29. The van der Waals surface area contributed by atoms with Crippen molar-refractivity contribution in [1.29, 1.82) is 0 Å². The Balaban J connectivity index is 2.11. The van der Waals surface area contributed by atoms with E-state index in [1.165, 1.54) is 0 Å². The van der Waals surface area contributed by atoms with Gasteiger partial charge in [-0.05, 0) is 30.3 Å². The molecule has 0 bridgehead atoms. The van der Waals surface area contributed by atoms with Gasteiger partial charge in [-0.15, -0.1) is 0 Å². The molecular formula is C13H8ClNO2. The van der Waals surface area contributed by atoms with Crippen LogP contribution in [0.15, 0.2) is 41.0 Å². The SMILES string of the molecule is O=C1Nc2cc(Cl)ccc2C1=Cc1ccco1. The summed E-state index contributed by atoms with van der Waals surface area (Å²) in [7, 11) is 0. The Kier molecular flexibility index (Phi) is 2.27. The van der Waals surface area contributed by atoms with Gasteiger partial charge in [0.1, 0.15) is 5.76 Å². The van der Waals surface area contributed by atoms with E-state index in [2.05, 4.69) is 5.32 Å². The molecule has 17 heavy (non-hydrogen) atoms. The van der Waals surface area contributed by atoms with Gasteiger partial charge < -0.3 is 9.73 Å². The largest absolute Gasteiger partial charge is 0.465 e. The molecule has 4 heteroatoms. The summed E-state index contributed by atoms with van der Waals surface area (Å²) in [6.45, 7) is 0. The highest BCUT2D eigenvalue weighted by Gasteiger charge is 2.24. The monoisotopic (exact) mass is 245 g/mol. The molecule has 1 amide bonds. The normalized spacial score (nSPS) is 16.1. The van der Waals surface area contributed by atoms with Crippen molar-refractivity contribution in [3.8, 4) is 0 Å². The highest BCUT2D eigenvalue weighted by Crippen LogP contribution is 2.34. The van der Waals surface area contributed by atoms with Crippen LogP contribution in [0, 0.1) is 0 Å². The van der Waals surface area contributed by atoms with E-state index in [1.54, 1.807) is 36.6 Å². The van der Waals surface area contributed by atoms with Crippen LogP contribution in [0.4, 0.5) is 5.69 Å². The van der Waals surface area contributed by atoms with E-state index >= 15 is 0 Å². The molecule has 0 atom stereocenters. The Morgan fingerprint density at radius 3 is 2.94 bits per heavy atom. The van der Waals surface area contributed by atoms with Crippen molar-refractivity contribution in [3.05, 3.63) is 52.9 Å². The van der Waals surface area contributed by atoms with Gasteiger partial charge in [0.25, 0.3) is 5.91 Å². The summed E-state index contributed by atoms with van der Waals surface area (Å²) in [4.78, 5) is 11.8. The summed E-state index contributed by atoms with van der Waals surface area (Å²) >= 11 is 5.87. The van der Waals surface area contributed by atoms with Crippen molar-refractivity contribution < 1.29 is 9.21 Å². The number of amides is 1. The van der Waals surface area contributed by atoms with Crippen LogP contribution < -0.4 is 5.32 Å². The number of hydrogen-bond donors (Lipinski definition) is 1. The molecule has 0 fully saturated rings. The van der Waals surface area contributed by atoms with Crippen molar-refractivity contribution in [1.82, 2.24) is 0 Å². The number of halogens is 1. The second kappa shape index (κ2) is 3.79. The van der Waals surface area contributed by atoms with E-state index in [-0.39, 0.29) is 5.91 Å². The lowest BCUT2D eigenvalue weighted by atomic mass is 10.1. The summed E-state index contributed by atoms with van der Waals surface area (Å²) in [5.41, 5.74) is 2.17. The predicted octanol–water partition coefficient (Wildman–Crippen LogP) is 3.43. The quantitative estimate of drug-likeness (QED) is 0.782. The average molecular weight is 246 g/mol. The lowest BCUT2D eigenvalue weighted by Gasteiger charge is -1.97. The zero-order valence-electron chi connectivity index (χ0n) is 8.74. The average Bonchev–Trinajstić information content (AvgIpc) is 2.88. The molecule has 1 aromatic carbocycles. The molecule has 2 heterocycles. The van der Waals surface area contributed by atoms with Crippen LogP contribution in [0.3, 0.4) is 0 Å². The fourth-order valence-electron chi connectivity index (χ4n) is 1.83. The molecule has 0 aliphatic carbocycles. The van der Waals surface area contributed by atoms with Crippen LogP contribution in [0.25, 0.3) is 11.6 Å². The number of furan rings is 1. The first-order valence-corrected chi connectivity index (χ1v) is 5.48. The van der Waals surface area contributed by atoms with Crippen molar-refractivity contribution in [2.24, 2.45) is 0 Å². The molecule has 1 aliphatic rings. The van der Waals surface area contributed by atoms with Gasteiger partial charge in [-0.25, -0.2) is 0 Å². The first-order chi connectivity index (χ1) is 8.24. The molecule has 0 unspecified atom stereocenters. The Labute approximate surface area is 103 Å². The maximum Gasteiger partial charge on any atom is 0.256 e. The second-order valence-corrected chi connectivity index (χ2v) is 4.15. The van der Waals surface area contributed by atoms with Crippen molar-refractivity contribution in [3.63, 3.8) is 0 Å². The molecule has 2 aromatic rings. The molecule has 0 saturated carbocycles. The fourth-order valence-corrected chi connectivity index (χ4v) is 2.00. The summed E-state index contributed by atoms with van der Waals surface area (Å²) in [6, 6.07) is 8.90. The zero-order chi connectivity index (χ0) is 11.8. The molecule has 3 rings (SSSR count). The lowest BCUT2D eigenvalue weighted by molar-refractivity contribution is -0.110. The molecule has 0 spiro atoms. The van der Waals surface area contributed by atoms with Crippen molar-refractivity contribution >= 4 is 34.8 Å². The number of rotatable bonds is 1. The minimum Gasteiger partial charge on any atom is -0.465 e.